The van der Waals surface area contributed by atoms with Gasteiger partial charge in [0.2, 0.25) is 11.8 Å². The Kier molecular flexibility index (Phi) is 4.80. The van der Waals surface area contributed by atoms with Crippen LogP contribution >= 0.6 is 0 Å². The van der Waals surface area contributed by atoms with Gasteiger partial charge in [-0.25, -0.2) is 0 Å². The molecule has 1 atom stereocenters. The Morgan fingerprint density at radius 2 is 2.00 bits per heavy atom. The van der Waals surface area contributed by atoms with Crippen LogP contribution in [0.2, 0.25) is 0 Å². The van der Waals surface area contributed by atoms with Crippen LogP contribution in [-0.2, 0) is 9.59 Å². The third kappa shape index (κ3) is 3.93. The van der Waals surface area contributed by atoms with E-state index in [1.807, 2.05) is 4.90 Å². The summed E-state index contributed by atoms with van der Waals surface area (Å²) in [6.07, 6.45) is 2.36. The van der Waals surface area contributed by atoms with Crippen LogP contribution in [-0.4, -0.2) is 60.4 Å². The largest absolute Gasteiger partial charge is 0.344 e. The number of rotatable bonds is 4. The van der Waals surface area contributed by atoms with E-state index in [1.54, 1.807) is 0 Å². The highest BCUT2D eigenvalue weighted by atomic mass is 16.2. The van der Waals surface area contributed by atoms with Crippen LogP contribution in [0.4, 0.5) is 0 Å². The number of carbonyl (C=O) groups is 2. The number of nitrogens with one attached hydrogen (secondary N) is 1. The molecule has 2 aliphatic rings. The Morgan fingerprint density at radius 1 is 1.32 bits per heavy atom. The van der Waals surface area contributed by atoms with Crippen LogP contribution in [0.5, 0.6) is 0 Å². The van der Waals surface area contributed by atoms with Gasteiger partial charge in [0.05, 0.1) is 0 Å². The summed E-state index contributed by atoms with van der Waals surface area (Å²) in [5, 5.41) is 2.76. The Bertz CT molecular complexity index is 336. The summed E-state index contributed by atoms with van der Waals surface area (Å²) in [5.41, 5.74) is 0. The number of hydrogen-bond acceptors (Lipinski definition) is 3. The van der Waals surface area contributed by atoms with Gasteiger partial charge in [0, 0.05) is 32.6 Å². The normalized spacial score (nSPS) is 24.9. The van der Waals surface area contributed by atoms with Crippen molar-refractivity contribution in [3.05, 3.63) is 0 Å². The van der Waals surface area contributed by atoms with Gasteiger partial charge in [0.25, 0.3) is 0 Å². The summed E-state index contributed by atoms with van der Waals surface area (Å²) in [6.45, 7) is 9.11. The number of carbonyl (C=O) groups excluding carboxylic acids is 2. The molecule has 0 saturated carbocycles. The van der Waals surface area contributed by atoms with E-state index < -0.39 is 0 Å². The summed E-state index contributed by atoms with van der Waals surface area (Å²) in [7, 11) is 0. The molecule has 2 rings (SSSR count). The fourth-order valence-corrected chi connectivity index (χ4v) is 2.65. The van der Waals surface area contributed by atoms with Crippen LogP contribution in [0.15, 0.2) is 0 Å². The van der Waals surface area contributed by atoms with E-state index in [4.69, 9.17) is 0 Å². The van der Waals surface area contributed by atoms with E-state index in [9.17, 15) is 9.59 Å². The fourth-order valence-electron chi connectivity index (χ4n) is 2.65. The molecule has 19 heavy (non-hydrogen) atoms. The molecule has 2 aliphatic heterocycles. The van der Waals surface area contributed by atoms with E-state index in [1.165, 1.54) is 6.42 Å². The van der Waals surface area contributed by atoms with E-state index in [0.29, 0.717) is 12.8 Å². The van der Waals surface area contributed by atoms with Crippen molar-refractivity contribution < 1.29 is 9.59 Å². The third-order valence-corrected chi connectivity index (χ3v) is 4.00. The van der Waals surface area contributed by atoms with Gasteiger partial charge in [-0.05, 0) is 25.3 Å². The maximum atomic E-state index is 12.2. The molecule has 2 saturated heterocycles. The lowest BCUT2D eigenvalue weighted by Crippen LogP contribution is -2.53. The maximum Gasteiger partial charge on any atom is 0.245 e. The predicted molar refractivity (Wildman–Crippen MR) is 73.6 cm³/mol. The molecule has 0 radical (unpaired) electrons. The van der Waals surface area contributed by atoms with E-state index >= 15 is 0 Å². The molecule has 5 heteroatoms. The molecule has 0 spiro atoms. The molecule has 1 unspecified atom stereocenters. The molecule has 2 fully saturated rings. The highest BCUT2D eigenvalue weighted by Gasteiger charge is 2.32. The molecule has 108 valence electrons. The molecule has 1 N–H and O–H groups in total. The van der Waals surface area contributed by atoms with Gasteiger partial charge in [0.1, 0.15) is 6.04 Å². The van der Waals surface area contributed by atoms with Crippen molar-refractivity contribution in [3.63, 3.8) is 0 Å². The zero-order valence-corrected chi connectivity index (χ0v) is 12.0. The van der Waals surface area contributed by atoms with Crippen molar-refractivity contribution in [2.75, 3.05) is 32.7 Å². The zero-order valence-electron chi connectivity index (χ0n) is 12.0. The molecule has 0 aliphatic carbocycles. The summed E-state index contributed by atoms with van der Waals surface area (Å²) < 4.78 is 0. The van der Waals surface area contributed by atoms with Crippen molar-refractivity contribution in [1.82, 2.24) is 15.1 Å². The topological polar surface area (TPSA) is 52.7 Å². The summed E-state index contributed by atoms with van der Waals surface area (Å²) in [4.78, 5) is 27.7. The van der Waals surface area contributed by atoms with Crippen molar-refractivity contribution in [2.45, 2.75) is 39.2 Å². The Hall–Kier alpha value is -1.10. The number of piperazine rings is 1. The lowest BCUT2D eigenvalue weighted by Gasteiger charge is -2.36. The molecule has 2 heterocycles. The Morgan fingerprint density at radius 3 is 2.53 bits per heavy atom. The van der Waals surface area contributed by atoms with Crippen LogP contribution in [0, 0.1) is 5.92 Å². The molecular weight excluding hydrogens is 242 g/mol. The lowest BCUT2D eigenvalue weighted by molar-refractivity contribution is -0.136. The Labute approximate surface area is 115 Å². The maximum absolute atomic E-state index is 12.2. The van der Waals surface area contributed by atoms with Gasteiger partial charge in [-0.1, -0.05) is 13.8 Å². The van der Waals surface area contributed by atoms with Crippen LogP contribution in [0.3, 0.4) is 0 Å². The fraction of sp³-hybridized carbons (Fsp3) is 0.857. The minimum Gasteiger partial charge on any atom is -0.344 e. The van der Waals surface area contributed by atoms with E-state index in [0.717, 1.165) is 38.6 Å². The number of hydrogen-bond donors (Lipinski definition) is 1. The van der Waals surface area contributed by atoms with Gasteiger partial charge in [-0.15, -0.1) is 0 Å². The first kappa shape index (κ1) is 14.3. The SMILES string of the molecule is CC(C)CCN1CCN(C(=O)C2CCC(=O)N2)CC1. The molecule has 0 bridgehead atoms. The summed E-state index contributed by atoms with van der Waals surface area (Å²) in [5.74, 6) is 0.844. The smallest absolute Gasteiger partial charge is 0.245 e. The van der Waals surface area contributed by atoms with Gasteiger partial charge in [-0.3, -0.25) is 14.5 Å². The van der Waals surface area contributed by atoms with Crippen molar-refractivity contribution >= 4 is 11.8 Å². The van der Waals surface area contributed by atoms with Gasteiger partial charge >= 0.3 is 0 Å². The minimum atomic E-state index is -0.269. The van der Waals surface area contributed by atoms with Crippen molar-refractivity contribution in [3.8, 4) is 0 Å². The second-order valence-electron chi connectivity index (χ2n) is 6.01. The first-order chi connectivity index (χ1) is 9.06. The molecular formula is C14H25N3O2. The second kappa shape index (κ2) is 6.37. The summed E-state index contributed by atoms with van der Waals surface area (Å²) >= 11 is 0. The quantitative estimate of drug-likeness (QED) is 0.805. The lowest BCUT2D eigenvalue weighted by atomic mass is 10.1. The molecule has 0 aromatic carbocycles. The van der Waals surface area contributed by atoms with Gasteiger partial charge < -0.3 is 10.2 Å². The molecule has 0 aromatic heterocycles. The van der Waals surface area contributed by atoms with Gasteiger partial charge in [-0.2, -0.15) is 0 Å². The van der Waals surface area contributed by atoms with Crippen molar-refractivity contribution in [2.24, 2.45) is 5.92 Å². The molecule has 2 amide bonds. The number of nitrogens with zero attached hydrogens (tertiary/aromatic N) is 2. The highest BCUT2D eigenvalue weighted by molar-refractivity contribution is 5.90. The van der Waals surface area contributed by atoms with Crippen LogP contribution in [0.1, 0.15) is 33.1 Å². The number of amides is 2. The van der Waals surface area contributed by atoms with Crippen LogP contribution < -0.4 is 5.32 Å². The van der Waals surface area contributed by atoms with Crippen molar-refractivity contribution in [1.29, 1.82) is 0 Å². The predicted octanol–water partition coefficient (Wildman–Crippen LogP) is 0.455. The van der Waals surface area contributed by atoms with Crippen LogP contribution in [0.25, 0.3) is 0 Å². The minimum absolute atomic E-state index is 0.00826. The third-order valence-electron chi connectivity index (χ3n) is 4.00. The average molecular weight is 267 g/mol. The highest BCUT2D eigenvalue weighted by Crippen LogP contribution is 2.12. The average Bonchev–Trinajstić information content (AvgIpc) is 2.83. The second-order valence-corrected chi connectivity index (χ2v) is 6.01. The molecule has 5 nitrogen and oxygen atoms in total. The first-order valence-electron chi connectivity index (χ1n) is 7.37. The first-order valence-corrected chi connectivity index (χ1v) is 7.37. The van der Waals surface area contributed by atoms with E-state index in [-0.39, 0.29) is 17.9 Å². The monoisotopic (exact) mass is 267 g/mol. The van der Waals surface area contributed by atoms with E-state index in [2.05, 4.69) is 24.1 Å². The standard InChI is InChI=1S/C14H25N3O2/c1-11(2)5-6-16-7-9-17(10-8-16)14(19)12-3-4-13(18)15-12/h11-12H,3-10H2,1-2H3,(H,15,18). The summed E-state index contributed by atoms with van der Waals surface area (Å²) in [6, 6.07) is -0.269. The van der Waals surface area contributed by atoms with Gasteiger partial charge in [0.15, 0.2) is 0 Å². The zero-order chi connectivity index (χ0) is 13.8. The Balaban J connectivity index is 1.73. The molecule has 0 aromatic rings.